The second kappa shape index (κ2) is 31.8. The highest BCUT2D eigenvalue weighted by atomic mass is 16.6. The van der Waals surface area contributed by atoms with E-state index in [9.17, 15) is 9.90 Å². The highest BCUT2D eigenvalue weighted by Crippen LogP contribution is 2.06. The Bertz CT molecular complexity index is 740. The average Bonchev–Trinajstić information content (AvgIpc) is 2.94. The number of ether oxygens (including phenoxy) is 2. The van der Waals surface area contributed by atoms with Gasteiger partial charge in [-0.25, -0.2) is 0 Å². The lowest BCUT2D eigenvalue weighted by Crippen LogP contribution is -2.27. The first-order valence-corrected chi connectivity index (χ1v) is 15.2. The second-order valence-electron chi connectivity index (χ2n) is 9.44. The molecule has 0 aromatic heterocycles. The van der Waals surface area contributed by atoms with Gasteiger partial charge in [-0.3, -0.25) is 4.79 Å². The largest absolute Gasteiger partial charge is 0.457 e. The van der Waals surface area contributed by atoms with E-state index in [1.807, 2.05) is 6.92 Å². The van der Waals surface area contributed by atoms with Crippen molar-refractivity contribution in [3.05, 3.63) is 85.1 Å². The van der Waals surface area contributed by atoms with E-state index in [0.29, 0.717) is 13.0 Å². The first-order chi connectivity index (χ1) is 19.2. The number of hydrogen-bond donors (Lipinski definition) is 1. The van der Waals surface area contributed by atoms with Crippen molar-refractivity contribution in [2.75, 3.05) is 19.8 Å². The van der Waals surface area contributed by atoms with Gasteiger partial charge in [0.25, 0.3) is 0 Å². The molecule has 0 fully saturated rings. The number of unbranched alkanes of at least 4 members (excludes halogenated alkanes) is 4. The van der Waals surface area contributed by atoms with E-state index >= 15 is 0 Å². The molecule has 39 heavy (non-hydrogen) atoms. The lowest BCUT2D eigenvalue weighted by atomic mass is 10.1. The van der Waals surface area contributed by atoms with Gasteiger partial charge in [0.05, 0.1) is 13.2 Å². The van der Waals surface area contributed by atoms with Crippen LogP contribution in [0.3, 0.4) is 0 Å². The van der Waals surface area contributed by atoms with Crippen LogP contribution in [0.1, 0.15) is 104 Å². The van der Waals surface area contributed by atoms with Crippen LogP contribution in [0.2, 0.25) is 0 Å². The van der Waals surface area contributed by atoms with Gasteiger partial charge in [0.1, 0.15) is 6.10 Å². The third-order valence-electron chi connectivity index (χ3n) is 5.70. The standard InChI is InChI=1S/C35H56O4/c1-3-5-6-7-8-9-10-11-12-13-14-15-16-17-18-19-20-21-22-23-24-25-26-27-28-29-31-38-33-34(32-36)39-35(37)30-4-2/h5-6,8-9,11-12,14-15,17-18,20-21,23-24,34,36H,3-4,7,10,13,16,19,22,25-33H2,1-2H3/b6-5-,9-8-,12-11-,15-14-,18-17-,21-20-,24-23-. The maximum atomic E-state index is 11.5. The fourth-order valence-corrected chi connectivity index (χ4v) is 3.52. The van der Waals surface area contributed by atoms with E-state index in [2.05, 4.69) is 92.0 Å². The summed E-state index contributed by atoms with van der Waals surface area (Å²) in [5.41, 5.74) is 0. The fraction of sp³-hybridized carbons (Fsp3) is 0.571. The number of hydrogen-bond acceptors (Lipinski definition) is 4. The van der Waals surface area contributed by atoms with Gasteiger partial charge in [-0.1, -0.05) is 112 Å². The molecule has 0 aliphatic carbocycles. The number of allylic oxidation sites excluding steroid dienone is 14. The molecule has 0 heterocycles. The van der Waals surface area contributed by atoms with Crippen LogP contribution in [0, 0.1) is 0 Å². The van der Waals surface area contributed by atoms with Crippen LogP contribution in [-0.2, 0) is 14.3 Å². The molecule has 0 aliphatic rings. The zero-order chi connectivity index (χ0) is 28.5. The predicted molar refractivity (Wildman–Crippen MR) is 168 cm³/mol. The van der Waals surface area contributed by atoms with Gasteiger partial charge >= 0.3 is 5.97 Å². The Hall–Kier alpha value is -2.43. The van der Waals surface area contributed by atoms with Crippen LogP contribution in [0.4, 0.5) is 0 Å². The molecule has 1 unspecified atom stereocenters. The molecule has 0 rings (SSSR count). The Balaban J connectivity index is 3.54. The summed E-state index contributed by atoms with van der Waals surface area (Å²) in [5, 5.41) is 9.27. The van der Waals surface area contributed by atoms with Crippen LogP contribution >= 0.6 is 0 Å². The fourth-order valence-electron chi connectivity index (χ4n) is 3.52. The van der Waals surface area contributed by atoms with Gasteiger partial charge in [-0.15, -0.1) is 0 Å². The summed E-state index contributed by atoms with van der Waals surface area (Å²) in [5.74, 6) is -0.269. The van der Waals surface area contributed by atoms with Crippen molar-refractivity contribution in [3.8, 4) is 0 Å². The molecule has 0 radical (unpaired) electrons. The monoisotopic (exact) mass is 540 g/mol. The van der Waals surface area contributed by atoms with Crippen molar-refractivity contribution in [3.63, 3.8) is 0 Å². The van der Waals surface area contributed by atoms with Crippen molar-refractivity contribution < 1.29 is 19.4 Å². The van der Waals surface area contributed by atoms with Crippen LogP contribution in [0.25, 0.3) is 0 Å². The Morgan fingerprint density at radius 1 is 0.641 bits per heavy atom. The van der Waals surface area contributed by atoms with Gasteiger partial charge < -0.3 is 14.6 Å². The van der Waals surface area contributed by atoms with Crippen molar-refractivity contribution in [2.45, 2.75) is 110 Å². The molecule has 0 aliphatic heterocycles. The molecule has 0 saturated carbocycles. The minimum absolute atomic E-state index is 0.194. The van der Waals surface area contributed by atoms with Gasteiger partial charge in [0.2, 0.25) is 0 Å². The first kappa shape index (κ1) is 36.6. The summed E-state index contributed by atoms with van der Waals surface area (Å²) < 4.78 is 10.7. The molecule has 1 N–H and O–H groups in total. The number of esters is 1. The Morgan fingerprint density at radius 3 is 1.56 bits per heavy atom. The Kier molecular flexibility index (Phi) is 29.8. The van der Waals surface area contributed by atoms with Crippen LogP contribution < -0.4 is 0 Å². The predicted octanol–water partition coefficient (Wildman–Crippen LogP) is 9.30. The summed E-state index contributed by atoms with van der Waals surface area (Å²) in [6.07, 6.45) is 44.5. The van der Waals surface area contributed by atoms with Gasteiger partial charge in [-0.2, -0.15) is 0 Å². The third-order valence-corrected chi connectivity index (χ3v) is 5.70. The van der Waals surface area contributed by atoms with Gasteiger partial charge in [0, 0.05) is 13.0 Å². The summed E-state index contributed by atoms with van der Waals surface area (Å²) in [7, 11) is 0. The van der Waals surface area contributed by atoms with E-state index in [-0.39, 0.29) is 19.2 Å². The quantitative estimate of drug-likeness (QED) is 0.0674. The van der Waals surface area contributed by atoms with Crippen molar-refractivity contribution in [2.24, 2.45) is 0 Å². The van der Waals surface area contributed by atoms with Gasteiger partial charge in [-0.05, 0) is 70.6 Å². The smallest absolute Gasteiger partial charge is 0.306 e. The number of aliphatic hydroxyl groups excluding tert-OH is 1. The summed E-state index contributed by atoms with van der Waals surface area (Å²) in [6, 6.07) is 0. The number of aliphatic hydroxyl groups is 1. The van der Waals surface area contributed by atoms with Crippen molar-refractivity contribution >= 4 is 5.97 Å². The van der Waals surface area contributed by atoms with Crippen LogP contribution in [0.15, 0.2) is 85.1 Å². The normalized spacial score (nSPS) is 13.6. The highest BCUT2D eigenvalue weighted by molar-refractivity contribution is 5.69. The van der Waals surface area contributed by atoms with Gasteiger partial charge in [0.15, 0.2) is 0 Å². The van der Waals surface area contributed by atoms with Crippen molar-refractivity contribution in [1.29, 1.82) is 0 Å². The molecular weight excluding hydrogens is 484 g/mol. The summed E-state index contributed by atoms with van der Waals surface area (Å²) >= 11 is 0. The Morgan fingerprint density at radius 2 is 1.10 bits per heavy atom. The lowest BCUT2D eigenvalue weighted by molar-refractivity contribution is -0.154. The molecule has 0 aromatic rings. The SMILES string of the molecule is CC/C=C\C/C=C\C/C=C\C/C=C\C/C=C\C/C=C\C/C=C\CCCCCCOCC(CO)OC(=O)CCC. The molecule has 0 bridgehead atoms. The summed E-state index contributed by atoms with van der Waals surface area (Å²) in [6.45, 7) is 4.80. The van der Waals surface area contributed by atoms with Crippen molar-refractivity contribution in [1.82, 2.24) is 0 Å². The zero-order valence-corrected chi connectivity index (χ0v) is 24.9. The van der Waals surface area contributed by atoms with E-state index in [0.717, 1.165) is 70.6 Å². The van der Waals surface area contributed by atoms with E-state index in [4.69, 9.17) is 9.47 Å². The minimum Gasteiger partial charge on any atom is -0.457 e. The number of rotatable bonds is 26. The lowest BCUT2D eigenvalue weighted by Gasteiger charge is -2.15. The molecule has 1 atom stereocenters. The minimum atomic E-state index is -0.546. The zero-order valence-electron chi connectivity index (χ0n) is 24.9. The topological polar surface area (TPSA) is 55.8 Å². The number of carbonyl (C=O) groups excluding carboxylic acids is 1. The van der Waals surface area contributed by atoms with Crippen LogP contribution in [0.5, 0.6) is 0 Å². The van der Waals surface area contributed by atoms with E-state index in [1.54, 1.807) is 0 Å². The molecule has 0 amide bonds. The summed E-state index contributed by atoms with van der Waals surface area (Å²) in [4.78, 5) is 11.5. The molecule has 0 spiro atoms. The molecular formula is C35H56O4. The average molecular weight is 541 g/mol. The first-order valence-electron chi connectivity index (χ1n) is 15.2. The number of carbonyl (C=O) groups is 1. The molecule has 0 aromatic carbocycles. The van der Waals surface area contributed by atoms with Crippen LogP contribution in [-0.4, -0.2) is 37.0 Å². The van der Waals surface area contributed by atoms with E-state index < -0.39 is 6.10 Å². The maximum Gasteiger partial charge on any atom is 0.306 e. The highest BCUT2D eigenvalue weighted by Gasteiger charge is 2.12. The van der Waals surface area contributed by atoms with E-state index in [1.165, 1.54) is 12.8 Å². The molecule has 220 valence electrons. The molecule has 4 nitrogen and oxygen atoms in total. The second-order valence-corrected chi connectivity index (χ2v) is 9.44. The molecule has 4 heteroatoms. The molecule has 0 saturated heterocycles. The maximum absolute atomic E-state index is 11.5. The third kappa shape index (κ3) is 30.0. The Labute approximate surface area is 240 Å².